The van der Waals surface area contributed by atoms with Crippen molar-refractivity contribution < 1.29 is 4.74 Å². The first-order chi connectivity index (χ1) is 7.76. The summed E-state index contributed by atoms with van der Waals surface area (Å²) in [4.78, 5) is 0. The molecule has 0 atom stereocenters. The highest BCUT2D eigenvalue weighted by Gasteiger charge is 2.10. The average molecular weight is 258 g/mol. The molecule has 0 unspecified atom stereocenters. The number of hydrogen-bond donors (Lipinski definition) is 0. The second-order valence-electron chi connectivity index (χ2n) is 3.09. The normalized spacial score (nSPS) is 10.4. The van der Waals surface area contributed by atoms with Crippen LogP contribution in [0.2, 0.25) is 5.02 Å². The fraction of sp³-hybridized carbons (Fsp3) is 0.200. The number of benzene rings is 1. The minimum absolute atomic E-state index is 0.320. The largest absolute Gasteiger partial charge is 0.497 e. The third kappa shape index (κ3) is 1.99. The number of alkyl halides is 1. The van der Waals surface area contributed by atoms with Crippen LogP contribution in [-0.4, -0.2) is 22.1 Å². The molecule has 0 fully saturated rings. The Labute approximate surface area is 103 Å². The van der Waals surface area contributed by atoms with Crippen molar-refractivity contribution in [3.05, 3.63) is 35.1 Å². The summed E-state index contributed by atoms with van der Waals surface area (Å²) in [5.41, 5.74) is 1.48. The van der Waals surface area contributed by atoms with Crippen molar-refractivity contribution in [2.75, 3.05) is 7.11 Å². The van der Waals surface area contributed by atoms with Gasteiger partial charge in [0.2, 0.25) is 0 Å². The summed E-state index contributed by atoms with van der Waals surface area (Å²) in [6.45, 7) is 0. The molecule has 0 N–H and O–H groups in total. The molecule has 0 amide bonds. The number of rotatable bonds is 3. The SMILES string of the molecule is COc1ccc(Cl)c(-n2nncc2CCl)c1. The Bertz CT molecular complexity index is 499. The van der Waals surface area contributed by atoms with Crippen molar-refractivity contribution >= 4 is 23.2 Å². The molecule has 0 spiro atoms. The molecule has 0 saturated heterocycles. The van der Waals surface area contributed by atoms with Gasteiger partial charge in [-0.3, -0.25) is 0 Å². The minimum atomic E-state index is 0.320. The number of halogens is 2. The fourth-order valence-corrected chi connectivity index (χ4v) is 1.71. The predicted octanol–water partition coefficient (Wildman–Crippen LogP) is 2.67. The Hall–Kier alpha value is -1.26. The molecule has 0 aliphatic rings. The number of ether oxygens (including phenoxy) is 1. The number of hydrogen-bond acceptors (Lipinski definition) is 3. The minimum Gasteiger partial charge on any atom is -0.497 e. The molecule has 0 saturated carbocycles. The highest BCUT2D eigenvalue weighted by Crippen LogP contribution is 2.25. The lowest BCUT2D eigenvalue weighted by Crippen LogP contribution is -2.02. The lowest BCUT2D eigenvalue weighted by atomic mass is 10.3. The quantitative estimate of drug-likeness (QED) is 0.794. The molecule has 0 aliphatic heterocycles. The first-order valence-corrected chi connectivity index (χ1v) is 5.47. The second kappa shape index (κ2) is 4.72. The van der Waals surface area contributed by atoms with Crippen LogP contribution in [0.3, 0.4) is 0 Å². The second-order valence-corrected chi connectivity index (χ2v) is 3.76. The average Bonchev–Trinajstić information content (AvgIpc) is 2.77. The van der Waals surface area contributed by atoms with E-state index in [9.17, 15) is 0 Å². The van der Waals surface area contributed by atoms with E-state index in [4.69, 9.17) is 27.9 Å². The zero-order chi connectivity index (χ0) is 11.5. The van der Waals surface area contributed by atoms with Crippen LogP contribution in [0.25, 0.3) is 5.69 Å². The van der Waals surface area contributed by atoms with Crippen molar-refractivity contribution in [2.45, 2.75) is 5.88 Å². The molecule has 16 heavy (non-hydrogen) atoms. The summed E-state index contributed by atoms with van der Waals surface area (Å²) in [6.07, 6.45) is 1.60. The van der Waals surface area contributed by atoms with Crippen molar-refractivity contribution in [1.82, 2.24) is 15.0 Å². The molecule has 84 valence electrons. The first kappa shape index (κ1) is 11.2. The van der Waals surface area contributed by atoms with E-state index in [0.717, 1.165) is 5.69 Å². The van der Waals surface area contributed by atoms with Gasteiger partial charge in [0.15, 0.2) is 0 Å². The molecule has 6 heteroatoms. The topological polar surface area (TPSA) is 39.9 Å². The molecular weight excluding hydrogens is 249 g/mol. The summed E-state index contributed by atoms with van der Waals surface area (Å²) >= 11 is 11.9. The third-order valence-corrected chi connectivity index (χ3v) is 2.73. The van der Waals surface area contributed by atoms with Crippen LogP contribution in [0, 0.1) is 0 Å². The van der Waals surface area contributed by atoms with Gasteiger partial charge in [0.05, 0.1) is 35.6 Å². The summed E-state index contributed by atoms with van der Waals surface area (Å²) in [6, 6.07) is 5.31. The summed E-state index contributed by atoms with van der Waals surface area (Å²) in [7, 11) is 1.59. The van der Waals surface area contributed by atoms with Crippen LogP contribution in [0.4, 0.5) is 0 Å². The van der Waals surface area contributed by atoms with Crippen molar-refractivity contribution in [3.63, 3.8) is 0 Å². The number of methoxy groups -OCH3 is 1. The Morgan fingerprint density at radius 1 is 1.44 bits per heavy atom. The highest BCUT2D eigenvalue weighted by atomic mass is 35.5. The van der Waals surface area contributed by atoms with Gasteiger partial charge < -0.3 is 4.74 Å². The van der Waals surface area contributed by atoms with E-state index in [-0.39, 0.29) is 0 Å². The lowest BCUT2D eigenvalue weighted by molar-refractivity contribution is 0.414. The van der Waals surface area contributed by atoms with E-state index in [1.807, 2.05) is 0 Å². The molecule has 2 rings (SSSR count). The zero-order valence-electron chi connectivity index (χ0n) is 8.52. The van der Waals surface area contributed by atoms with Gasteiger partial charge in [-0.05, 0) is 12.1 Å². The van der Waals surface area contributed by atoms with Gasteiger partial charge in [-0.2, -0.15) is 0 Å². The molecular formula is C10H9Cl2N3O. The van der Waals surface area contributed by atoms with E-state index in [2.05, 4.69) is 10.3 Å². The highest BCUT2D eigenvalue weighted by molar-refractivity contribution is 6.32. The molecule has 1 heterocycles. The van der Waals surface area contributed by atoms with Crippen LogP contribution in [0.5, 0.6) is 5.75 Å². The molecule has 4 nitrogen and oxygen atoms in total. The molecule has 0 bridgehead atoms. The van der Waals surface area contributed by atoms with E-state index in [1.165, 1.54) is 0 Å². The molecule has 1 aromatic heterocycles. The van der Waals surface area contributed by atoms with E-state index >= 15 is 0 Å². The van der Waals surface area contributed by atoms with Gasteiger partial charge in [0.1, 0.15) is 5.75 Å². The standard InChI is InChI=1S/C10H9Cl2N3O/c1-16-8-2-3-9(12)10(4-8)15-7(5-11)6-13-14-15/h2-4,6H,5H2,1H3. The van der Waals surface area contributed by atoms with Crippen LogP contribution in [0.15, 0.2) is 24.4 Å². The van der Waals surface area contributed by atoms with Crippen LogP contribution in [-0.2, 0) is 5.88 Å². The Morgan fingerprint density at radius 2 is 2.25 bits per heavy atom. The van der Waals surface area contributed by atoms with E-state index < -0.39 is 0 Å². The molecule has 0 radical (unpaired) electrons. The molecule has 0 aliphatic carbocycles. The maximum Gasteiger partial charge on any atom is 0.121 e. The number of aromatic nitrogens is 3. The summed E-state index contributed by atoms with van der Waals surface area (Å²) in [5.74, 6) is 1.02. The van der Waals surface area contributed by atoms with Crippen LogP contribution >= 0.6 is 23.2 Å². The van der Waals surface area contributed by atoms with Gasteiger partial charge in [-0.1, -0.05) is 16.8 Å². The predicted molar refractivity (Wildman–Crippen MR) is 62.5 cm³/mol. The van der Waals surface area contributed by atoms with Crippen molar-refractivity contribution in [3.8, 4) is 11.4 Å². The van der Waals surface area contributed by atoms with Gasteiger partial charge >= 0.3 is 0 Å². The Kier molecular flexibility index (Phi) is 3.31. The maximum atomic E-state index is 6.09. The van der Waals surface area contributed by atoms with Crippen molar-refractivity contribution in [2.24, 2.45) is 0 Å². The zero-order valence-corrected chi connectivity index (χ0v) is 10.0. The third-order valence-electron chi connectivity index (χ3n) is 2.14. The summed E-state index contributed by atoms with van der Waals surface area (Å²) < 4.78 is 6.72. The van der Waals surface area contributed by atoms with Crippen LogP contribution in [0.1, 0.15) is 5.69 Å². The maximum absolute atomic E-state index is 6.09. The monoisotopic (exact) mass is 257 g/mol. The van der Waals surface area contributed by atoms with Gasteiger partial charge in [0, 0.05) is 6.07 Å². The molecule has 2 aromatic rings. The van der Waals surface area contributed by atoms with Crippen LogP contribution < -0.4 is 4.74 Å². The van der Waals surface area contributed by atoms with Crippen molar-refractivity contribution in [1.29, 1.82) is 0 Å². The summed E-state index contributed by atoms with van der Waals surface area (Å²) in [5, 5.41) is 8.30. The Balaban J connectivity index is 2.54. The molecule has 1 aromatic carbocycles. The van der Waals surface area contributed by atoms with Gasteiger partial charge in [-0.15, -0.1) is 16.7 Å². The van der Waals surface area contributed by atoms with E-state index in [1.54, 1.807) is 36.2 Å². The number of nitrogens with zero attached hydrogens (tertiary/aromatic N) is 3. The smallest absolute Gasteiger partial charge is 0.121 e. The van der Waals surface area contributed by atoms with Gasteiger partial charge in [0.25, 0.3) is 0 Å². The van der Waals surface area contributed by atoms with E-state index in [0.29, 0.717) is 22.3 Å². The van der Waals surface area contributed by atoms with Gasteiger partial charge in [-0.25, -0.2) is 4.68 Å². The first-order valence-electron chi connectivity index (χ1n) is 4.55. The Morgan fingerprint density at radius 3 is 2.94 bits per heavy atom. The fourth-order valence-electron chi connectivity index (χ4n) is 1.33. The lowest BCUT2D eigenvalue weighted by Gasteiger charge is -2.08.